The van der Waals surface area contributed by atoms with E-state index in [2.05, 4.69) is 26.5 Å². The van der Waals surface area contributed by atoms with E-state index in [1.807, 2.05) is 6.08 Å². The Balaban J connectivity index is 2.84. The van der Waals surface area contributed by atoms with Crippen molar-refractivity contribution in [3.63, 3.8) is 0 Å². The highest BCUT2D eigenvalue weighted by Crippen LogP contribution is 2.26. The molecule has 2 atom stereocenters. The highest BCUT2D eigenvalue weighted by atomic mass is 16.4. The van der Waals surface area contributed by atoms with Crippen molar-refractivity contribution < 1.29 is 15.0 Å². The van der Waals surface area contributed by atoms with Gasteiger partial charge in [0.1, 0.15) is 0 Å². The molecule has 0 saturated heterocycles. The molecule has 1 rings (SSSR count). The third kappa shape index (κ3) is 7.65. The van der Waals surface area contributed by atoms with Crippen LogP contribution in [0.4, 0.5) is 0 Å². The van der Waals surface area contributed by atoms with E-state index in [0.717, 1.165) is 44.9 Å². The van der Waals surface area contributed by atoms with Crippen molar-refractivity contribution in [2.45, 2.75) is 65.2 Å². The van der Waals surface area contributed by atoms with E-state index < -0.39 is 5.97 Å². The van der Waals surface area contributed by atoms with Crippen molar-refractivity contribution in [1.29, 1.82) is 0 Å². The maximum atomic E-state index is 11.3. The lowest BCUT2D eigenvalue weighted by molar-refractivity contribution is -0.132. The minimum Gasteiger partial charge on any atom is -0.478 e. The first kappa shape index (κ1) is 19.7. The van der Waals surface area contributed by atoms with Gasteiger partial charge in [0, 0.05) is 12.2 Å². The summed E-state index contributed by atoms with van der Waals surface area (Å²) in [4.78, 5) is 11.3. The summed E-state index contributed by atoms with van der Waals surface area (Å²) in [7, 11) is 0. The van der Waals surface area contributed by atoms with E-state index in [4.69, 9.17) is 0 Å². The van der Waals surface area contributed by atoms with Crippen LogP contribution in [0.25, 0.3) is 0 Å². The molecule has 3 heteroatoms. The first-order valence-corrected chi connectivity index (χ1v) is 8.78. The maximum absolute atomic E-state index is 11.3. The van der Waals surface area contributed by atoms with Crippen LogP contribution >= 0.6 is 0 Å². The molecule has 0 saturated carbocycles. The number of aliphatic carboxylic acids is 1. The smallest absolute Gasteiger partial charge is 0.331 e. The third-order valence-corrected chi connectivity index (χ3v) is 4.89. The number of aliphatic hydroxyl groups is 1. The SMILES string of the molecule is C=C(C)C1CC=C(C)CCC=C(C(=O)O)CCCC(CO)CC1. The quantitative estimate of drug-likeness (QED) is 0.729. The van der Waals surface area contributed by atoms with Gasteiger partial charge in [-0.2, -0.15) is 0 Å². The van der Waals surface area contributed by atoms with Gasteiger partial charge in [-0.3, -0.25) is 0 Å². The van der Waals surface area contributed by atoms with Crippen molar-refractivity contribution >= 4 is 5.97 Å². The summed E-state index contributed by atoms with van der Waals surface area (Å²) in [5.74, 6) is -0.0615. The normalized spacial score (nSPS) is 25.0. The Morgan fingerprint density at radius 3 is 2.61 bits per heavy atom. The zero-order chi connectivity index (χ0) is 17.2. The number of hydrogen-bond donors (Lipinski definition) is 2. The molecule has 130 valence electrons. The van der Waals surface area contributed by atoms with Crippen LogP contribution in [-0.2, 0) is 4.79 Å². The molecule has 1 aliphatic rings. The topological polar surface area (TPSA) is 57.5 Å². The van der Waals surface area contributed by atoms with Crippen LogP contribution in [0.3, 0.4) is 0 Å². The third-order valence-electron chi connectivity index (χ3n) is 4.89. The molecule has 0 aromatic rings. The molecular formula is C20H32O3. The standard InChI is InChI=1S/C20H32O3/c1-15(2)18-12-10-16(3)6-4-8-19(20(22)23)9-5-7-17(14-21)11-13-18/h8,10,17-18,21H,1,4-7,9,11-14H2,2-3H3,(H,22,23). The van der Waals surface area contributed by atoms with E-state index in [0.29, 0.717) is 17.9 Å². The van der Waals surface area contributed by atoms with Crippen LogP contribution in [0.5, 0.6) is 0 Å². The number of carboxylic acids is 1. The fraction of sp³-hybridized carbons (Fsp3) is 0.650. The highest BCUT2D eigenvalue weighted by Gasteiger charge is 2.15. The molecule has 1 aliphatic carbocycles. The molecule has 0 spiro atoms. The summed E-state index contributed by atoms with van der Waals surface area (Å²) in [5.41, 5.74) is 3.05. The zero-order valence-electron chi connectivity index (χ0n) is 14.7. The number of hydrogen-bond acceptors (Lipinski definition) is 2. The molecule has 2 unspecified atom stereocenters. The lowest BCUT2D eigenvalue weighted by atomic mass is 9.86. The van der Waals surface area contributed by atoms with Gasteiger partial charge in [-0.25, -0.2) is 4.79 Å². The minimum atomic E-state index is -0.804. The summed E-state index contributed by atoms with van der Waals surface area (Å²) in [6.07, 6.45) is 11.2. The van der Waals surface area contributed by atoms with Gasteiger partial charge in [0.15, 0.2) is 0 Å². The van der Waals surface area contributed by atoms with Crippen molar-refractivity contribution in [3.8, 4) is 0 Å². The fourth-order valence-corrected chi connectivity index (χ4v) is 3.13. The Morgan fingerprint density at radius 2 is 2.00 bits per heavy atom. The van der Waals surface area contributed by atoms with E-state index in [1.54, 1.807) is 0 Å². The van der Waals surface area contributed by atoms with Crippen molar-refractivity contribution in [2.24, 2.45) is 11.8 Å². The lowest BCUT2D eigenvalue weighted by Crippen LogP contribution is -2.11. The number of aliphatic hydroxyl groups excluding tert-OH is 1. The van der Waals surface area contributed by atoms with Crippen molar-refractivity contribution in [1.82, 2.24) is 0 Å². The first-order valence-electron chi connectivity index (χ1n) is 8.78. The molecule has 0 radical (unpaired) electrons. The second-order valence-corrected chi connectivity index (χ2v) is 6.92. The van der Waals surface area contributed by atoms with Gasteiger partial charge in [-0.1, -0.05) is 29.9 Å². The molecule has 3 nitrogen and oxygen atoms in total. The lowest BCUT2D eigenvalue weighted by Gasteiger charge is -2.20. The average molecular weight is 320 g/mol. The second kappa shape index (κ2) is 10.4. The van der Waals surface area contributed by atoms with Crippen molar-refractivity contribution in [2.75, 3.05) is 6.61 Å². The molecule has 23 heavy (non-hydrogen) atoms. The highest BCUT2D eigenvalue weighted by molar-refractivity contribution is 5.86. The van der Waals surface area contributed by atoms with Crippen LogP contribution in [0.1, 0.15) is 65.2 Å². The molecule has 0 aliphatic heterocycles. The Labute approximate surface area is 140 Å². The van der Waals surface area contributed by atoms with E-state index in [9.17, 15) is 15.0 Å². The number of allylic oxidation sites excluding steroid dienone is 4. The summed E-state index contributed by atoms with van der Waals surface area (Å²) in [6.45, 7) is 8.51. The second-order valence-electron chi connectivity index (χ2n) is 6.92. The molecule has 0 aromatic heterocycles. The number of rotatable bonds is 3. The van der Waals surface area contributed by atoms with Gasteiger partial charge in [0.05, 0.1) is 0 Å². The van der Waals surface area contributed by atoms with Gasteiger partial charge < -0.3 is 10.2 Å². The average Bonchev–Trinajstić information content (AvgIpc) is 2.50. The summed E-state index contributed by atoms with van der Waals surface area (Å²) in [6, 6.07) is 0. The summed E-state index contributed by atoms with van der Waals surface area (Å²) >= 11 is 0. The number of carbonyl (C=O) groups is 1. The molecule has 0 fully saturated rings. The summed E-state index contributed by atoms with van der Waals surface area (Å²) in [5, 5.41) is 18.9. The largest absolute Gasteiger partial charge is 0.478 e. The molecule has 0 bridgehead atoms. The minimum absolute atomic E-state index is 0.184. The molecular weight excluding hydrogens is 288 g/mol. The Morgan fingerprint density at radius 1 is 1.26 bits per heavy atom. The molecule has 0 amide bonds. The molecule has 0 heterocycles. The van der Waals surface area contributed by atoms with Crippen LogP contribution in [0, 0.1) is 11.8 Å². The first-order chi connectivity index (χ1) is 10.9. The zero-order valence-corrected chi connectivity index (χ0v) is 14.7. The molecule has 2 N–H and O–H groups in total. The van der Waals surface area contributed by atoms with Gasteiger partial charge in [-0.05, 0) is 77.0 Å². The van der Waals surface area contributed by atoms with Crippen LogP contribution in [0.15, 0.2) is 35.5 Å². The van der Waals surface area contributed by atoms with Crippen LogP contribution in [0.2, 0.25) is 0 Å². The van der Waals surface area contributed by atoms with Crippen LogP contribution < -0.4 is 0 Å². The molecule has 0 aromatic carbocycles. The van der Waals surface area contributed by atoms with Crippen LogP contribution in [-0.4, -0.2) is 22.8 Å². The fourth-order valence-electron chi connectivity index (χ4n) is 3.13. The monoisotopic (exact) mass is 320 g/mol. The maximum Gasteiger partial charge on any atom is 0.331 e. The Kier molecular flexibility index (Phi) is 8.93. The van der Waals surface area contributed by atoms with Gasteiger partial charge in [-0.15, -0.1) is 0 Å². The van der Waals surface area contributed by atoms with E-state index >= 15 is 0 Å². The van der Waals surface area contributed by atoms with Crippen molar-refractivity contribution in [3.05, 3.63) is 35.5 Å². The van der Waals surface area contributed by atoms with Gasteiger partial charge >= 0.3 is 5.97 Å². The van der Waals surface area contributed by atoms with Gasteiger partial charge in [0.25, 0.3) is 0 Å². The number of carboxylic acid groups (broad SMARTS) is 1. The predicted octanol–water partition coefficient (Wildman–Crippen LogP) is 4.88. The van der Waals surface area contributed by atoms with Gasteiger partial charge in [0.2, 0.25) is 0 Å². The predicted molar refractivity (Wildman–Crippen MR) is 95.3 cm³/mol. The van der Waals surface area contributed by atoms with E-state index in [-0.39, 0.29) is 12.5 Å². The Hall–Kier alpha value is -1.35. The Bertz CT molecular complexity index is 460. The summed E-state index contributed by atoms with van der Waals surface area (Å²) < 4.78 is 0. The van der Waals surface area contributed by atoms with E-state index in [1.165, 1.54) is 11.1 Å².